The highest BCUT2D eigenvalue weighted by molar-refractivity contribution is 7.91. The average Bonchev–Trinajstić information content (AvgIpc) is 2.95. The second kappa shape index (κ2) is 6.30. The lowest BCUT2D eigenvalue weighted by molar-refractivity contribution is 0.0516. The van der Waals surface area contributed by atoms with Crippen LogP contribution in [0.1, 0.15) is 17.4 Å². The molecule has 0 spiro atoms. The standard InChI is InChI=1S/C17H14ClNO4S/c1-2-23-17(20)15-16(13-10-11(18)8-9-14(13)19-15)24(21,22)12-6-4-3-5-7-12/h3-10,19H,2H2,1H3. The third-order valence-electron chi connectivity index (χ3n) is 3.51. The van der Waals surface area contributed by atoms with Crippen LogP contribution in [0, 0.1) is 0 Å². The molecule has 1 heterocycles. The number of fused-ring (bicyclic) bond motifs is 1. The van der Waals surface area contributed by atoms with Crippen LogP contribution in [0.25, 0.3) is 10.9 Å². The van der Waals surface area contributed by atoms with Gasteiger partial charge in [0.1, 0.15) is 10.6 Å². The summed E-state index contributed by atoms with van der Waals surface area (Å²) < 4.78 is 31.1. The zero-order valence-corrected chi connectivity index (χ0v) is 14.3. The van der Waals surface area contributed by atoms with E-state index in [1.54, 1.807) is 37.3 Å². The van der Waals surface area contributed by atoms with Crippen LogP contribution in [0.15, 0.2) is 58.3 Å². The van der Waals surface area contributed by atoms with Gasteiger partial charge in [-0.2, -0.15) is 0 Å². The summed E-state index contributed by atoms with van der Waals surface area (Å²) in [6, 6.07) is 12.7. The maximum Gasteiger partial charge on any atom is 0.356 e. The molecule has 2 aromatic carbocycles. The van der Waals surface area contributed by atoms with Crippen LogP contribution in [-0.2, 0) is 14.6 Å². The van der Waals surface area contributed by atoms with Gasteiger partial charge in [-0.05, 0) is 37.3 Å². The first kappa shape index (κ1) is 16.5. The van der Waals surface area contributed by atoms with Gasteiger partial charge in [0.2, 0.25) is 9.84 Å². The Balaban J connectivity index is 2.34. The minimum Gasteiger partial charge on any atom is -0.461 e. The summed E-state index contributed by atoms with van der Waals surface area (Å²) in [6.45, 7) is 1.79. The van der Waals surface area contributed by atoms with E-state index in [0.717, 1.165) is 0 Å². The maximum absolute atomic E-state index is 13.1. The van der Waals surface area contributed by atoms with Gasteiger partial charge in [-0.15, -0.1) is 0 Å². The van der Waals surface area contributed by atoms with Gasteiger partial charge in [0.25, 0.3) is 0 Å². The van der Waals surface area contributed by atoms with Crippen LogP contribution in [0.3, 0.4) is 0 Å². The summed E-state index contributed by atoms with van der Waals surface area (Å²) >= 11 is 6.01. The second-order valence-corrected chi connectivity index (χ2v) is 7.38. The summed E-state index contributed by atoms with van der Waals surface area (Å²) in [5.41, 5.74) is 0.398. The number of aromatic amines is 1. The first-order valence-electron chi connectivity index (χ1n) is 7.23. The van der Waals surface area contributed by atoms with Gasteiger partial charge in [0.05, 0.1) is 11.5 Å². The molecule has 3 aromatic rings. The first-order chi connectivity index (χ1) is 11.4. The highest BCUT2D eigenvalue weighted by Gasteiger charge is 2.30. The largest absolute Gasteiger partial charge is 0.461 e. The number of sulfone groups is 1. The zero-order chi connectivity index (χ0) is 17.3. The van der Waals surface area contributed by atoms with Crippen LogP contribution in [0.4, 0.5) is 0 Å². The third kappa shape index (κ3) is 2.79. The number of carbonyl (C=O) groups excluding carboxylic acids is 1. The molecule has 0 fully saturated rings. The molecular weight excluding hydrogens is 350 g/mol. The molecule has 0 bridgehead atoms. The summed E-state index contributed by atoms with van der Waals surface area (Å²) in [5, 5.41) is 0.732. The Hall–Kier alpha value is -2.31. The van der Waals surface area contributed by atoms with Gasteiger partial charge in [0, 0.05) is 15.9 Å². The molecule has 0 amide bonds. The number of carbonyl (C=O) groups is 1. The van der Waals surface area contributed by atoms with Crippen LogP contribution in [0.5, 0.6) is 0 Å². The van der Waals surface area contributed by atoms with E-state index >= 15 is 0 Å². The Morgan fingerprint density at radius 3 is 2.54 bits per heavy atom. The van der Waals surface area contributed by atoms with E-state index in [-0.39, 0.29) is 22.1 Å². The number of hydrogen-bond donors (Lipinski definition) is 1. The zero-order valence-electron chi connectivity index (χ0n) is 12.7. The van der Waals surface area contributed by atoms with E-state index in [2.05, 4.69) is 4.98 Å². The summed E-state index contributed by atoms with van der Waals surface area (Å²) in [7, 11) is -3.92. The predicted octanol–water partition coefficient (Wildman–Crippen LogP) is 3.83. The Morgan fingerprint density at radius 2 is 1.88 bits per heavy atom. The molecule has 0 aliphatic carbocycles. The van der Waals surface area contributed by atoms with Crippen molar-refractivity contribution in [2.24, 2.45) is 0 Å². The van der Waals surface area contributed by atoms with Crippen molar-refractivity contribution in [2.75, 3.05) is 6.61 Å². The van der Waals surface area contributed by atoms with E-state index in [4.69, 9.17) is 16.3 Å². The molecular formula is C17H14ClNO4S. The highest BCUT2D eigenvalue weighted by atomic mass is 35.5. The Morgan fingerprint density at radius 1 is 1.17 bits per heavy atom. The fourth-order valence-corrected chi connectivity index (χ4v) is 4.27. The lowest BCUT2D eigenvalue weighted by Crippen LogP contribution is -2.11. The van der Waals surface area contributed by atoms with Crippen molar-refractivity contribution in [1.29, 1.82) is 0 Å². The van der Waals surface area contributed by atoms with Gasteiger partial charge in [-0.25, -0.2) is 13.2 Å². The molecule has 0 saturated carbocycles. The monoisotopic (exact) mass is 363 g/mol. The summed E-state index contributed by atoms with van der Waals surface area (Å²) in [4.78, 5) is 15.1. The smallest absolute Gasteiger partial charge is 0.356 e. The molecule has 24 heavy (non-hydrogen) atoms. The number of esters is 1. The molecule has 0 radical (unpaired) electrons. The van der Waals surface area contributed by atoms with Crippen molar-refractivity contribution in [3.63, 3.8) is 0 Å². The normalized spacial score (nSPS) is 11.6. The van der Waals surface area contributed by atoms with Crippen molar-refractivity contribution in [3.8, 4) is 0 Å². The fourth-order valence-electron chi connectivity index (χ4n) is 2.48. The van der Waals surface area contributed by atoms with Gasteiger partial charge in [-0.1, -0.05) is 29.8 Å². The molecule has 0 saturated heterocycles. The highest BCUT2D eigenvalue weighted by Crippen LogP contribution is 2.33. The molecule has 3 rings (SSSR count). The number of halogens is 1. The predicted molar refractivity (Wildman–Crippen MR) is 91.2 cm³/mol. The van der Waals surface area contributed by atoms with Crippen LogP contribution in [0.2, 0.25) is 5.02 Å². The Labute approximate surface area is 144 Å². The molecule has 1 aromatic heterocycles. The number of benzene rings is 2. The van der Waals surface area contributed by atoms with E-state index in [1.807, 2.05) is 0 Å². The van der Waals surface area contributed by atoms with Crippen LogP contribution < -0.4 is 0 Å². The van der Waals surface area contributed by atoms with Crippen molar-refractivity contribution < 1.29 is 17.9 Å². The van der Waals surface area contributed by atoms with Gasteiger partial charge in [0.15, 0.2) is 0 Å². The maximum atomic E-state index is 13.1. The molecule has 7 heteroatoms. The Bertz CT molecular complexity index is 1010. The molecule has 0 aliphatic heterocycles. The molecule has 124 valence electrons. The van der Waals surface area contributed by atoms with E-state index < -0.39 is 15.8 Å². The van der Waals surface area contributed by atoms with Crippen LogP contribution >= 0.6 is 11.6 Å². The number of hydrogen-bond acceptors (Lipinski definition) is 4. The number of nitrogens with one attached hydrogen (secondary N) is 1. The minimum atomic E-state index is -3.92. The average molecular weight is 364 g/mol. The van der Waals surface area contributed by atoms with Crippen LogP contribution in [-0.4, -0.2) is 26.0 Å². The third-order valence-corrected chi connectivity index (χ3v) is 5.60. The molecule has 0 aliphatic rings. The molecule has 0 atom stereocenters. The summed E-state index contributed by atoms with van der Waals surface area (Å²) in [6.07, 6.45) is 0. The fraction of sp³-hybridized carbons (Fsp3) is 0.118. The number of ether oxygens (including phenoxy) is 1. The van der Waals surface area contributed by atoms with Crippen molar-refractivity contribution in [1.82, 2.24) is 4.98 Å². The molecule has 0 unspecified atom stereocenters. The topological polar surface area (TPSA) is 76.2 Å². The van der Waals surface area contributed by atoms with Gasteiger partial charge in [-0.3, -0.25) is 0 Å². The lowest BCUT2D eigenvalue weighted by atomic mass is 10.2. The number of aromatic nitrogens is 1. The van der Waals surface area contributed by atoms with Gasteiger partial charge < -0.3 is 9.72 Å². The van der Waals surface area contributed by atoms with Crippen molar-refractivity contribution in [3.05, 3.63) is 59.2 Å². The number of H-pyrrole nitrogens is 1. The minimum absolute atomic E-state index is 0.0939. The van der Waals surface area contributed by atoms with E-state index in [1.165, 1.54) is 18.2 Å². The van der Waals surface area contributed by atoms with E-state index in [9.17, 15) is 13.2 Å². The van der Waals surface area contributed by atoms with E-state index in [0.29, 0.717) is 15.9 Å². The first-order valence-corrected chi connectivity index (χ1v) is 9.09. The Kier molecular flexibility index (Phi) is 4.34. The van der Waals surface area contributed by atoms with Gasteiger partial charge >= 0.3 is 5.97 Å². The summed E-state index contributed by atoms with van der Waals surface area (Å²) in [5.74, 6) is -0.723. The second-order valence-electron chi connectivity index (χ2n) is 5.06. The van der Waals surface area contributed by atoms with Crippen molar-refractivity contribution in [2.45, 2.75) is 16.7 Å². The van der Waals surface area contributed by atoms with Crippen molar-refractivity contribution >= 4 is 38.3 Å². The lowest BCUT2D eigenvalue weighted by Gasteiger charge is -2.07. The SMILES string of the molecule is CCOC(=O)c1[nH]c2ccc(Cl)cc2c1S(=O)(=O)c1ccccc1. The number of rotatable bonds is 4. The molecule has 1 N–H and O–H groups in total. The molecule has 5 nitrogen and oxygen atoms in total. The quantitative estimate of drug-likeness (QED) is 0.715.